The number of non-ortho nitro benzene ring substituents is 1. The van der Waals surface area contributed by atoms with Crippen LogP contribution >= 0.6 is 0 Å². The molecule has 3 aromatic rings. The van der Waals surface area contributed by atoms with Crippen molar-refractivity contribution < 1.29 is 24.0 Å². The highest BCUT2D eigenvalue weighted by atomic mass is 16.6. The first-order valence-corrected chi connectivity index (χ1v) is 8.38. The minimum atomic E-state index is -0.932. The standard InChI is InChI=1S/C19H17N3O6/c1-12(18(23)28-17-10-20-16-5-3-2-4-15(16)17)21-19(24)27-11-13-6-8-14(9-7-13)22(25)26/h2-10,12,20H,11H2,1H3,(H,21,24)/t12-/m0/s1. The van der Waals surface area contributed by atoms with Gasteiger partial charge in [-0.3, -0.25) is 10.1 Å². The molecule has 9 heteroatoms. The van der Waals surface area contributed by atoms with Gasteiger partial charge in [0.05, 0.1) is 4.92 Å². The smallest absolute Gasteiger partial charge is 0.408 e. The van der Waals surface area contributed by atoms with E-state index >= 15 is 0 Å². The fourth-order valence-electron chi connectivity index (χ4n) is 2.47. The molecule has 3 rings (SSSR count). The number of para-hydroxylation sites is 1. The first-order valence-electron chi connectivity index (χ1n) is 8.38. The van der Waals surface area contributed by atoms with Gasteiger partial charge < -0.3 is 19.8 Å². The number of nitro benzene ring substituents is 1. The topological polar surface area (TPSA) is 124 Å². The predicted octanol–water partition coefficient (Wildman–Crippen LogP) is 3.30. The van der Waals surface area contributed by atoms with E-state index in [-0.39, 0.29) is 12.3 Å². The third kappa shape index (κ3) is 4.44. The van der Waals surface area contributed by atoms with Crippen molar-refractivity contribution in [3.05, 3.63) is 70.4 Å². The van der Waals surface area contributed by atoms with Crippen LogP contribution in [-0.4, -0.2) is 28.0 Å². The van der Waals surface area contributed by atoms with Crippen LogP contribution in [0.4, 0.5) is 10.5 Å². The summed E-state index contributed by atoms with van der Waals surface area (Å²) in [4.78, 5) is 37.2. The third-order valence-electron chi connectivity index (χ3n) is 3.97. The number of nitrogens with one attached hydrogen (secondary N) is 2. The van der Waals surface area contributed by atoms with E-state index in [1.807, 2.05) is 24.3 Å². The average molecular weight is 383 g/mol. The van der Waals surface area contributed by atoms with Crippen LogP contribution in [0, 0.1) is 10.1 Å². The summed E-state index contributed by atoms with van der Waals surface area (Å²) in [7, 11) is 0. The number of carbonyl (C=O) groups is 2. The Labute approximate surface area is 159 Å². The van der Waals surface area contributed by atoms with Crippen LogP contribution in [-0.2, 0) is 16.1 Å². The van der Waals surface area contributed by atoms with E-state index in [9.17, 15) is 19.7 Å². The molecule has 0 bridgehead atoms. The van der Waals surface area contributed by atoms with Gasteiger partial charge in [-0.2, -0.15) is 0 Å². The Balaban J connectivity index is 1.50. The zero-order valence-electron chi connectivity index (χ0n) is 14.9. The number of alkyl carbamates (subject to hydrolysis) is 1. The monoisotopic (exact) mass is 383 g/mol. The first-order chi connectivity index (χ1) is 13.4. The summed E-state index contributed by atoms with van der Waals surface area (Å²) in [5.41, 5.74) is 1.35. The van der Waals surface area contributed by atoms with Crippen molar-refractivity contribution >= 4 is 28.7 Å². The molecule has 28 heavy (non-hydrogen) atoms. The highest BCUT2D eigenvalue weighted by molar-refractivity contribution is 5.90. The van der Waals surface area contributed by atoms with E-state index in [0.717, 1.165) is 10.9 Å². The van der Waals surface area contributed by atoms with Crippen LogP contribution in [0.15, 0.2) is 54.7 Å². The number of carbonyl (C=O) groups excluding carboxylic acids is 2. The lowest BCUT2D eigenvalue weighted by Crippen LogP contribution is -2.41. The minimum Gasteiger partial charge on any atom is -0.445 e. The lowest BCUT2D eigenvalue weighted by Gasteiger charge is -2.13. The molecule has 1 aromatic heterocycles. The van der Waals surface area contributed by atoms with Gasteiger partial charge in [0.15, 0.2) is 5.75 Å². The zero-order chi connectivity index (χ0) is 20.1. The molecule has 0 radical (unpaired) electrons. The number of nitro groups is 1. The predicted molar refractivity (Wildman–Crippen MR) is 99.8 cm³/mol. The molecule has 144 valence electrons. The van der Waals surface area contributed by atoms with Gasteiger partial charge in [-0.1, -0.05) is 12.1 Å². The van der Waals surface area contributed by atoms with Crippen LogP contribution < -0.4 is 10.1 Å². The van der Waals surface area contributed by atoms with Crippen molar-refractivity contribution in [1.82, 2.24) is 10.3 Å². The molecule has 9 nitrogen and oxygen atoms in total. The fraction of sp³-hybridized carbons (Fsp3) is 0.158. The zero-order valence-corrected chi connectivity index (χ0v) is 14.9. The normalized spacial score (nSPS) is 11.6. The number of benzene rings is 2. The van der Waals surface area contributed by atoms with Gasteiger partial charge in [-0.15, -0.1) is 0 Å². The first kappa shape index (κ1) is 18.9. The van der Waals surface area contributed by atoms with Crippen molar-refractivity contribution in [2.45, 2.75) is 19.6 Å². The van der Waals surface area contributed by atoms with Crippen molar-refractivity contribution in [2.24, 2.45) is 0 Å². The lowest BCUT2D eigenvalue weighted by molar-refractivity contribution is -0.384. The summed E-state index contributed by atoms with van der Waals surface area (Å²) >= 11 is 0. The van der Waals surface area contributed by atoms with Crippen LogP contribution in [0.25, 0.3) is 10.9 Å². The fourth-order valence-corrected chi connectivity index (χ4v) is 2.47. The maximum absolute atomic E-state index is 12.2. The van der Waals surface area contributed by atoms with Crippen LogP contribution in [0.2, 0.25) is 0 Å². The molecule has 0 fully saturated rings. The summed E-state index contributed by atoms with van der Waals surface area (Å²) in [6.45, 7) is 1.39. The van der Waals surface area contributed by atoms with Crippen LogP contribution in [0.3, 0.4) is 0 Å². The molecule has 0 aliphatic heterocycles. The second kappa shape index (κ2) is 8.21. The van der Waals surface area contributed by atoms with E-state index in [1.54, 1.807) is 6.20 Å². The Morgan fingerprint density at radius 1 is 1.18 bits per heavy atom. The Morgan fingerprint density at radius 2 is 1.89 bits per heavy atom. The van der Waals surface area contributed by atoms with E-state index in [0.29, 0.717) is 11.3 Å². The van der Waals surface area contributed by atoms with Gasteiger partial charge >= 0.3 is 12.1 Å². The third-order valence-corrected chi connectivity index (χ3v) is 3.97. The minimum absolute atomic E-state index is 0.0538. The quantitative estimate of drug-likeness (QED) is 0.382. The number of esters is 1. The maximum atomic E-state index is 12.2. The highest BCUT2D eigenvalue weighted by Crippen LogP contribution is 2.25. The van der Waals surface area contributed by atoms with E-state index in [2.05, 4.69) is 10.3 Å². The molecule has 1 atom stereocenters. The lowest BCUT2D eigenvalue weighted by atomic mass is 10.2. The summed E-state index contributed by atoms with van der Waals surface area (Å²) in [5.74, 6) is -0.273. The molecule has 2 aromatic carbocycles. The van der Waals surface area contributed by atoms with E-state index in [1.165, 1.54) is 31.2 Å². The summed E-state index contributed by atoms with van der Waals surface area (Å²) in [6.07, 6.45) is 0.768. The summed E-state index contributed by atoms with van der Waals surface area (Å²) < 4.78 is 10.3. The molecule has 0 saturated carbocycles. The second-order valence-electron chi connectivity index (χ2n) is 5.99. The van der Waals surface area contributed by atoms with Crippen molar-refractivity contribution in [3.63, 3.8) is 0 Å². The molecular weight excluding hydrogens is 366 g/mol. The van der Waals surface area contributed by atoms with Gasteiger partial charge in [0.1, 0.15) is 12.6 Å². The number of nitrogens with zero attached hydrogens (tertiary/aromatic N) is 1. The molecule has 1 amide bonds. The van der Waals surface area contributed by atoms with Gasteiger partial charge in [0.25, 0.3) is 5.69 Å². The van der Waals surface area contributed by atoms with Crippen molar-refractivity contribution in [1.29, 1.82) is 0 Å². The molecule has 1 heterocycles. The number of rotatable bonds is 6. The average Bonchev–Trinajstić information content (AvgIpc) is 3.09. The van der Waals surface area contributed by atoms with Crippen LogP contribution in [0.1, 0.15) is 12.5 Å². The number of H-pyrrole nitrogens is 1. The molecule has 0 saturated heterocycles. The Hall–Kier alpha value is -3.88. The number of fused-ring (bicyclic) bond motifs is 1. The maximum Gasteiger partial charge on any atom is 0.408 e. The Morgan fingerprint density at radius 3 is 2.61 bits per heavy atom. The van der Waals surface area contributed by atoms with Gasteiger partial charge in [0.2, 0.25) is 0 Å². The molecule has 0 aliphatic carbocycles. The molecule has 2 N–H and O–H groups in total. The summed E-state index contributed by atoms with van der Waals surface area (Å²) in [5, 5.41) is 13.8. The molecule has 0 unspecified atom stereocenters. The van der Waals surface area contributed by atoms with Gasteiger partial charge in [0, 0.05) is 29.2 Å². The van der Waals surface area contributed by atoms with Gasteiger partial charge in [-0.05, 0) is 36.8 Å². The number of aromatic nitrogens is 1. The number of amides is 1. The Bertz CT molecular complexity index is 1010. The van der Waals surface area contributed by atoms with Crippen molar-refractivity contribution in [2.75, 3.05) is 0 Å². The number of aromatic amines is 1. The van der Waals surface area contributed by atoms with Crippen LogP contribution in [0.5, 0.6) is 5.75 Å². The van der Waals surface area contributed by atoms with E-state index < -0.39 is 23.0 Å². The second-order valence-corrected chi connectivity index (χ2v) is 5.99. The number of ether oxygens (including phenoxy) is 2. The summed E-state index contributed by atoms with van der Waals surface area (Å²) in [6, 6.07) is 12.0. The molecular formula is C19H17N3O6. The van der Waals surface area contributed by atoms with Crippen molar-refractivity contribution in [3.8, 4) is 5.75 Å². The van der Waals surface area contributed by atoms with E-state index in [4.69, 9.17) is 9.47 Å². The van der Waals surface area contributed by atoms with Gasteiger partial charge in [-0.25, -0.2) is 9.59 Å². The highest BCUT2D eigenvalue weighted by Gasteiger charge is 2.20. The largest absolute Gasteiger partial charge is 0.445 e. The Kier molecular flexibility index (Phi) is 5.54. The molecule has 0 spiro atoms. The number of hydrogen-bond donors (Lipinski definition) is 2. The number of hydrogen-bond acceptors (Lipinski definition) is 6. The molecule has 0 aliphatic rings. The SMILES string of the molecule is C[C@H](NC(=O)OCc1ccc([N+](=O)[O-])cc1)C(=O)Oc1c[nH]c2ccccc12.